The fourth-order valence-corrected chi connectivity index (χ4v) is 3.80. The standard InChI is InChI=1S/C15H21IN2/c1-12-14(16)6-4-7-15(12)18-10-9-17-8-3-2-5-13(17)11-18/h4,6-7,13H,2-3,5,8-11H2,1H3. The molecule has 2 aliphatic heterocycles. The van der Waals surface area contributed by atoms with Crippen LogP contribution < -0.4 is 4.90 Å². The number of halogens is 1. The Bertz CT molecular complexity index is 433. The van der Waals surface area contributed by atoms with Gasteiger partial charge in [0.2, 0.25) is 0 Å². The van der Waals surface area contributed by atoms with Crippen LogP contribution in [0.4, 0.5) is 5.69 Å². The molecule has 0 N–H and O–H groups in total. The topological polar surface area (TPSA) is 6.48 Å². The molecule has 2 fully saturated rings. The predicted octanol–water partition coefficient (Wildman–Crippen LogP) is 3.27. The summed E-state index contributed by atoms with van der Waals surface area (Å²) >= 11 is 2.45. The summed E-state index contributed by atoms with van der Waals surface area (Å²) in [6, 6.07) is 7.48. The van der Waals surface area contributed by atoms with Crippen molar-refractivity contribution in [2.24, 2.45) is 0 Å². The predicted molar refractivity (Wildman–Crippen MR) is 85.3 cm³/mol. The number of hydrogen-bond acceptors (Lipinski definition) is 2. The first kappa shape index (κ1) is 12.7. The molecule has 0 aliphatic carbocycles. The van der Waals surface area contributed by atoms with Crippen LogP contribution in [0.15, 0.2) is 18.2 Å². The number of hydrogen-bond donors (Lipinski definition) is 0. The largest absolute Gasteiger partial charge is 0.368 e. The van der Waals surface area contributed by atoms with E-state index in [1.165, 1.54) is 60.3 Å². The first-order valence-corrected chi connectivity index (χ1v) is 8.07. The molecule has 2 aliphatic rings. The number of piperazine rings is 1. The monoisotopic (exact) mass is 356 g/mol. The Labute approximate surface area is 123 Å². The second-order valence-electron chi connectivity index (χ2n) is 5.52. The van der Waals surface area contributed by atoms with Gasteiger partial charge in [-0.3, -0.25) is 4.90 Å². The summed E-state index contributed by atoms with van der Waals surface area (Å²) in [5.41, 5.74) is 2.90. The molecule has 1 aromatic carbocycles. The van der Waals surface area contributed by atoms with Crippen LogP contribution in [0.2, 0.25) is 0 Å². The molecule has 2 saturated heterocycles. The lowest BCUT2D eigenvalue weighted by Gasteiger charge is -2.45. The molecule has 2 heterocycles. The summed E-state index contributed by atoms with van der Waals surface area (Å²) in [6.45, 7) is 7.24. The van der Waals surface area contributed by atoms with Crippen LogP contribution in [0, 0.1) is 10.5 Å². The van der Waals surface area contributed by atoms with E-state index in [-0.39, 0.29) is 0 Å². The van der Waals surface area contributed by atoms with Gasteiger partial charge in [-0.2, -0.15) is 0 Å². The number of nitrogens with zero attached hydrogens (tertiary/aromatic N) is 2. The maximum atomic E-state index is 2.70. The van der Waals surface area contributed by atoms with E-state index in [4.69, 9.17) is 0 Å². The minimum atomic E-state index is 0.796. The van der Waals surface area contributed by atoms with Crippen molar-refractivity contribution in [2.45, 2.75) is 32.2 Å². The minimum absolute atomic E-state index is 0.796. The number of piperidine rings is 1. The molecule has 3 heteroatoms. The van der Waals surface area contributed by atoms with Crippen LogP contribution in [-0.2, 0) is 0 Å². The molecule has 98 valence electrons. The molecular formula is C15H21IN2. The fraction of sp³-hybridized carbons (Fsp3) is 0.600. The summed E-state index contributed by atoms with van der Waals surface area (Å²) in [6.07, 6.45) is 4.21. The van der Waals surface area contributed by atoms with E-state index >= 15 is 0 Å². The molecule has 1 atom stereocenters. The molecule has 0 spiro atoms. The van der Waals surface area contributed by atoms with Crippen molar-refractivity contribution in [3.8, 4) is 0 Å². The average Bonchev–Trinajstić information content (AvgIpc) is 2.41. The molecule has 3 rings (SSSR count). The number of anilines is 1. The van der Waals surface area contributed by atoms with Crippen molar-refractivity contribution in [1.29, 1.82) is 0 Å². The Morgan fingerprint density at radius 3 is 2.94 bits per heavy atom. The summed E-state index contributed by atoms with van der Waals surface area (Å²) in [5, 5.41) is 0. The summed E-state index contributed by atoms with van der Waals surface area (Å²) in [5.74, 6) is 0. The molecule has 18 heavy (non-hydrogen) atoms. The van der Waals surface area contributed by atoms with Gasteiger partial charge in [0.15, 0.2) is 0 Å². The summed E-state index contributed by atoms with van der Waals surface area (Å²) in [4.78, 5) is 5.30. The zero-order chi connectivity index (χ0) is 12.5. The molecule has 0 radical (unpaired) electrons. The van der Waals surface area contributed by atoms with Crippen molar-refractivity contribution in [3.63, 3.8) is 0 Å². The first-order valence-electron chi connectivity index (χ1n) is 7.00. The maximum absolute atomic E-state index is 2.70. The van der Waals surface area contributed by atoms with Crippen LogP contribution >= 0.6 is 22.6 Å². The lowest BCUT2D eigenvalue weighted by atomic mass is 9.99. The van der Waals surface area contributed by atoms with Crippen LogP contribution in [0.3, 0.4) is 0 Å². The first-order chi connectivity index (χ1) is 8.75. The highest BCUT2D eigenvalue weighted by atomic mass is 127. The zero-order valence-electron chi connectivity index (χ0n) is 11.0. The molecule has 1 unspecified atom stereocenters. The van der Waals surface area contributed by atoms with Gasteiger partial charge in [0.25, 0.3) is 0 Å². The van der Waals surface area contributed by atoms with Crippen molar-refractivity contribution >= 4 is 28.3 Å². The molecule has 0 bridgehead atoms. The van der Waals surface area contributed by atoms with Gasteiger partial charge in [0.05, 0.1) is 0 Å². The lowest BCUT2D eigenvalue weighted by molar-refractivity contribution is 0.133. The van der Waals surface area contributed by atoms with Crippen molar-refractivity contribution in [2.75, 3.05) is 31.1 Å². The van der Waals surface area contributed by atoms with E-state index in [0.29, 0.717) is 0 Å². The maximum Gasteiger partial charge on any atom is 0.0407 e. The van der Waals surface area contributed by atoms with Crippen LogP contribution in [0.1, 0.15) is 24.8 Å². The zero-order valence-corrected chi connectivity index (χ0v) is 13.2. The minimum Gasteiger partial charge on any atom is -0.368 e. The SMILES string of the molecule is Cc1c(I)cccc1N1CCN2CCCCC2C1. The highest BCUT2D eigenvalue weighted by Crippen LogP contribution is 2.28. The van der Waals surface area contributed by atoms with Gasteiger partial charge in [-0.15, -0.1) is 0 Å². The molecule has 1 aromatic rings. The Balaban J connectivity index is 1.79. The molecule has 0 amide bonds. The summed E-state index contributed by atoms with van der Waals surface area (Å²) in [7, 11) is 0. The average molecular weight is 356 g/mol. The van der Waals surface area contributed by atoms with Gasteiger partial charge >= 0.3 is 0 Å². The van der Waals surface area contributed by atoms with Crippen molar-refractivity contribution < 1.29 is 0 Å². The van der Waals surface area contributed by atoms with Gasteiger partial charge in [-0.25, -0.2) is 0 Å². The third-order valence-corrected chi connectivity index (χ3v) is 5.59. The fourth-order valence-electron chi connectivity index (χ4n) is 3.31. The lowest BCUT2D eigenvalue weighted by Crippen LogP contribution is -2.55. The summed E-state index contributed by atoms with van der Waals surface area (Å²) < 4.78 is 1.39. The highest BCUT2D eigenvalue weighted by molar-refractivity contribution is 14.1. The Kier molecular flexibility index (Phi) is 3.80. The number of rotatable bonds is 1. The van der Waals surface area contributed by atoms with Gasteiger partial charge in [0, 0.05) is 34.9 Å². The van der Waals surface area contributed by atoms with E-state index in [1.54, 1.807) is 0 Å². The van der Waals surface area contributed by atoms with E-state index in [0.717, 1.165) is 6.04 Å². The molecule has 0 aromatic heterocycles. The number of benzene rings is 1. The smallest absolute Gasteiger partial charge is 0.0407 e. The van der Waals surface area contributed by atoms with Gasteiger partial charge < -0.3 is 4.90 Å². The van der Waals surface area contributed by atoms with Crippen LogP contribution in [0.5, 0.6) is 0 Å². The van der Waals surface area contributed by atoms with Gasteiger partial charge in [-0.1, -0.05) is 12.5 Å². The van der Waals surface area contributed by atoms with Crippen LogP contribution in [-0.4, -0.2) is 37.1 Å². The van der Waals surface area contributed by atoms with E-state index < -0.39 is 0 Å². The van der Waals surface area contributed by atoms with Crippen molar-refractivity contribution in [3.05, 3.63) is 27.3 Å². The third-order valence-electron chi connectivity index (χ3n) is 4.42. The van der Waals surface area contributed by atoms with Crippen LogP contribution in [0.25, 0.3) is 0 Å². The quantitative estimate of drug-likeness (QED) is 0.713. The Morgan fingerprint density at radius 2 is 2.06 bits per heavy atom. The second kappa shape index (κ2) is 5.37. The normalized spacial score (nSPS) is 25.0. The highest BCUT2D eigenvalue weighted by Gasteiger charge is 2.29. The number of fused-ring (bicyclic) bond motifs is 1. The third kappa shape index (κ3) is 2.39. The van der Waals surface area contributed by atoms with Gasteiger partial charge in [-0.05, 0) is 66.6 Å². The van der Waals surface area contributed by atoms with E-state index in [9.17, 15) is 0 Å². The molecule has 0 saturated carbocycles. The molecule has 2 nitrogen and oxygen atoms in total. The van der Waals surface area contributed by atoms with E-state index in [1.807, 2.05) is 0 Å². The Morgan fingerprint density at radius 1 is 1.17 bits per heavy atom. The van der Waals surface area contributed by atoms with Gasteiger partial charge in [0.1, 0.15) is 0 Å². The van der Waals surface area contributed by atoms with Crippen molar-refractivity contribution in [1.82, 2.24) is 4.90 Å². The Hall–Kier alpha value is -0.290. The van der Waals surface area contributed by atoms with E-state index in [2.05, 4.69) is 57.5 Å². The second-order valence-corrected chi connectivity index (χ2v) is 6.68. The molecular weight excluding hydrogens is 335 g/mol.